The van der Waals surface area contributed by atoms with E-state index >= 15 is 0 Å². The third-order valence-electron chi connectivity index (χ3n) is 4.22. The number of urea groups is 1. The second-order valence-electron chi connectivity index (χ2n) is 5.67. The third-order valence-corrected chi connectivity index (χ3v) is 4.22. The number of nitrogens with zero attached hydrogens (tertiary/aromatic N) is 2. The topological polar surface area (TPSA) is 74.3 Å². The fourth-order valence-electron chi connectivity index (χ4n) is 3.18. The lowest BCUT2D eigenvalue weighted by Crippen LogP contribution is -2.64. The Hall–Kier alpha value is -2.11. The maximum absolute atomic E-state index is 12.4. The lowest BCUT2D eigenvalue weighted by Gasteiger charge is -2.43. The zero-order chi connectivity index (χ0) is 14.7. The van der Waals surface area contributed by atoms with Gasteiger partial charge in [0.2, 0.25) is 5.91 Å². The van der Waals surface area contributed by atoms with E-state index in [1.54, 1.807) is 17.3 Å². The van der Waals surface area contributed by atoms with Gasteiger partial charge in [0.15, 0.2) is 0 Å². The molecule has 0 bridgehead atoms. The molecule has 2 N–H and O–H groups in total. The van der Waals surface area contributed by atoms with Crippen molar-refractivity contribution in [3.63, 3.8) is 0 Å². The number of amides is 3. The van der Waals surface area contributed by atoms with Gasteiger partial charge in [-0.3, -0.25) is 9.78 Å². The fourth-order valence-corrected chi connectivity index (χ4v) is 3.18. The van der Waals surface area contributed by atoms with Gasteiger partial charge in [0.1, 0.15) is 6.54 Å². The minimum Gasteiger partial charge on any atom is -0.350 e. The van der Waals surface area contributed by atoms with E-state index in [9.17, 15) is 9.59 Å². The molecule has 3 rings (SSSR count). The van der Waals surface area contributed by atoms with E-state index in [0.29, 0.717) is 6.54 Å². The second-order valence-corrected chi connectivity index (χ2v) is 5.67. The number of rotatable bonds is 2. The van der Waals surface area contributed by atoms with Crippen LogP contribution in [0.1, 0.15) is 31.2 Å². The highest BCUT2D eigenvalue weighted by Gasteiger charge is 2.38. The lowest BCUT2D eigenvalue weighted by atomic mass is 9.87. The van der Waals surface area contributed by atoms with Crippen molar-refractivity contribution in [2.45, 2.75) is 44.3 Å². The predicted molar refractivity (Wildman–Crippen MR) is 77.4 cm³/mol. The first kappa shape index (κ1) is 13.9. The van der Waals surface area contributed by atoms with Gasteiger partial charge < -0.3 is 15.5 Å². The summed E-state index contributed by atoms with van der Waals surface area (Å²) in [5.41, 5.74) is 0.951. The maximum Gasteiger partial charge on any atom is 0.318 e. The van der Waals surface area contributed by atoms with Crippen LogP contribution in [0.5, 0.6) is 0 Å². The van der Waals surface area contributed by atoms with Gasteiger partial charge >= 0.3 is 6.03 Å². The molecule has 2 fully saturated rings. The first-order chi connectivity index (χ1) is 10.2. The molecule has 6 nitrogen and oxygen atoms in total. The summed E-state index contributed by atoms with van der Waals surface area (Å²) in [5.74, 6) is -0.0605. The first-order valence-corrected chi connectivity index (χ1v) is 7.47. The molecule has 1 aromatic rings. The summed E-state index contributed by atoms with van der Waals surface area (Å²) < 4.78 is 0. The molecule has 0 spiro atoms. The van der Waals surface area contributed by atoms with E-state index < -0.39 is 0 Å². The van der Waals surface area contributed by atoms with E-state index in [4.69, 9.17) is 0 Å². The summed E-state index contributed by atoms with van der Waals surface area (Å²) in [5, 5.41) is 5.90. The summed E-state index contributed by atoms with van der Waals surface area (Å²) in [6.07, 6.45) is 7.59. The smallest absolute Gasteiger partial charge is 0.318 e. The van der Waals surface area contributed by atoms with Crippen LogP contribution < -0.4 is 10.6 Å². The summed E-state index contributed by atoms with van der Waals surface area (Å²) in [7, 11) is 0. The second kappa shape index (κ2) is 6.11. The monoisotopic (exact) mass is 288 g/mol. The van der Waals surface area contributed by atoms with Crippen molar-refractivity contribution in [3.05, 3.63) is 30.1 Å². The van der Waals surface area contributed by atoms with Crippen LogP contribution in [0.25, 0.3) is 0 Å². The highest BCUT2D eigenvalue weighted by atomic mass is 16.2. The molecule has 112 valence electrons. The Morgan fingerprint density at radius 3 is 3.10 bits per heavy atom. The van der Waals surface area contributed by atoms with E-state index in [1.807, 2.05) is 12.1 Å². The molecule has 2 aliphatic rings. The number of hydrogen-bond donors (Lipinski definition) is 2. The molecule has 1 saturated carbocycles. The number of fused-ring (bicyclic) bond motifs is 1. The van der Waals surface area contributed by atoms with Crippen molar-refractivity contribution in [1.29, 1.82) is 0 Å². The van der Waals surface area contributed by atoms with Crippen molar-refractivity contribution in [1.82, 2.24) is 20.5 Å². The van der Waals surface area contributed by atoms with Crippen LogP contribution in [0.2, 0.25) is 0 Å². The van der Waals surface area contributed by atoms with Gasteiger partial charge in [-0.15, -0.1) is 0 Å². The van der Waals surface area contributed by atoms with E-state index in [2.05, 4.69) is 15.6 Å². The van der Waals surface area contributed by atoms with Gasteiger partial charge in [0.25, 0.3) is 0 Å². The minimum atomic E-state index is -0.161. The van der Waals surface area contributed by atoms with E-state index in [1.165, 1.54) is 0 Å². The number of hydrogen-bond acceptors (Lipinski definition) is 3. The van der Waals surface area contributed by atoms with Gasteiger partial charge in [-0.05, 0) is 24.5 Å². The fraction of sp³-hybridized carbons (Fsp3) is 0.533. The molecule has 1 aliphatic carbocycles. The van der Waals surface area contributed by atoms with Gasteiger partial charge in [-0.25, -0.2) is 4.79 Å². The number of pyridine rings is 1. The Morgan fingerprint density at radius 1 is 1.43 bits per heavy atom. The Kier molecular flexibility index (Phi) is 4.03. The molecular weight excluding hydrogens is 268 g/mol. The van der Waals surface area contributed by atoms with Crippen molar-refractivity contribution in [3.8, 4) is 0 Å². The SMILES string of the molecule is O=C1CN(C(=O)NCc2cccnc2)[C@H]2CCCC[C@@H]2N1. The highest BCUT2D eigenvalue weighted by molar-refractivity contribution is 5.86. The molecular formula is C15H20N4O2. The van der Waals surface area contributed by atoms with Gasteiger partial charge in [0.05, 0.1) is 6.04 Å². The van der Waals surface area contributed by atoms with Crippen LogP contribution in [-0.2, 0) is 11.3 Å². The van der Waals surface area contributed by atoms with Crippen molar-refractivity contribution >= 4 is 11.9 Å². The molecule has 21 heavy (non-hydrogen) atoms. The number of nitrogens with one attached hydrogen (secondary N) is 2. The van der Waals surface area contributed by atoms with Gasteiger partial charge in [-0.2, -0.15) is 0 Å². The molecule has 2 atom stereocenters. The quantitative estimate of drug-likeness (QED) is 0.853. The van der Waals surface area contributed by atoms with E-state index in [0.717, 1.165) is 31.2 Å². The van der Waals surface area contributed by atoms with Crippen LogP contribution >= 0.6 is 0 Å². The summed E-state index contributed by atoms with van der Waals surface area (Å²) in [6, 6.07) is 3.84. The largest absolute Gasteiger partial charge is 0.350 e. The standard InChI is InChI=1S/C15H20N4O2/c20-14-10-19(13-6-2-1-5-12(13)18-14)15(21)17-9-11-4-3-7-16-8-11/h3-4,7-8,12-13H,1-2,5-6,9-10H2,(H,17,21)(H,18,20)/t12-,13-/m0/s1. The predicted octanol–water partition coefficient (Wildman–Crippen LogP) is 1.03. The van der Waals surface area contributed by atoms with Gasteiger partial charge in [-0.1, -0.05) is 18.9 Å². The van der Waals surface area contributed by atoms with Crippen LogP contribution in [-0.4, -0.2) is 40.5 Å². The van der Waals surface area contributed by atoms with Crippen molar-refractivity contribution in [2.24, 2.45) is 0 Å². The minimum absolute atomic E-state index is 0.0605. The van der Waals surface area contributed by atoms with Crippen LogP contribution in [0.3, 0.4) is 0 Å². The Labute approximate surface area is 123 Å². The van der Waals surface area contributed by atoms with Gasteiger partial charge in [0, 0.05) is 25.0 Å². The molecule has 0 radical (unpaired) electrons. The molecule has 0 aromatic carbocycles. The van der Waals surface area contributed by atoms with Crippen LogP contribution in [0, 0.1) is 0 Å². The van der Waals surface area contributed by atoms with Crippen molar-refractivity contribution < 1.29 is 9.59 Å². The lowest BCUT2D eigenvalue weighted by molar-refractivity contribution is -0.126. The summed E-state index contributed by atoms with van der Waals surface area (Å²) >= 11 is 0. The Balaban J connectivity index is 1.63. The molecule has 1 aliphatic heterocycles. The molecule has 0 unspecified atom stereocenters. The number of aromatic nitrogens is 1. The summed E-state index contributed by atoms with van der Waals surface area (Å²) in [6.45, 7) is 0.586. The molecule has 1 aromatic heterocycles. The summed E-state index contributed by atoms with van der Waals surface area (Å²) in [4.78, 5) is 29.9. The molecule has 6 heteroatoms. The number of piperazine rings is 1. The molecule has 1 saturated heterocycles. The zero-order valence-electron chi connectivity index (χ0n) is 11.9. The Bertz CT molecular complexity index is 520. The van der Waals surface area contributed by atoms with E-state index in [-0.39, 0.29) is 30.6 Å². The highest BCUT2D eigenvalue weighted by Crippen LogP contribution is 2.25. The first-order valence-electron chi connectivity index (χ1n) is 7.47. The average Bonchev–Trinajstić information content (AvgIpc) is 2.52. The normalized spacial score (nSPS) is 25.0. The third kappa shape index (κ3) is 3.15. The molecule has 2 heterocycles. The van der Waals surface area contributed by atoms with Crippen molar-refractivity contribution in [2.75, 3.05) is 6.54 Å². The zero-order valence-corrected chi connectivity index (χ0v) is 11.9. The number of carbonyl (C=O) groups excluding carboxylic acids is 2. The average molecular weight is 288 g/mol. The maximum atomic E-state index is 12.4. The van der Waals surface area contributed by atoms with Crippen LogP contribution in [0.4, 0.5) is 4.79 Å². The molecule has 3 amide bonds. The van der Waals surface area contributed by atoms with Crippen LogP contribution in [0.15, 0.2) is 24.5 Å². The Morgan fingerprint density at radius 2 is 2.29 bits per heavy atom. The number of carbonyl (C=O) groups is 2.